The molecule has 4 rings (SSSR count). The average molecular weight is 472 g/mol. The number of aryl methyl sites for hydroxylation is 2. The first-order chi connectivity index (χ1) is 15.2. The van der Waals surface area contributed by atoms with E-state index in [4.69, 9.17) is 27.6 Å². The second kappa shape index (κ2) is 8.84. The van der Waals surface area contributed by atoms with E-state index in [1.807, 2.05) is 56.6 Å². The second-order valence-corrected chi connectivity index (χ2v) is 8.51. The summed E-state index contributed by atoms with van der Waals surface area (Å²) in [7, 11) is 0. The quantitative estimate of drug-likeness (QED) is 0.399. The van der Waals surface area contributed by atoms with Crippen molar-refractivity contribution in [1.82, 2.24) is 19.6 Å². The predicted molar refractivity (Wildman–Crippen MR) is 125 cm³/mol. The van der Waals surface area contributed by atoms with Gasteiger partial charge in [0.2, 0.25) is 0 Å². The van der Waals surface area contributed by atoms with Crippen LogP contribution in [0.4, 0.5) is 5.69 Å². The van der Waals surface area contributed by atoms with Gasteiger partial charge in [0.25, 0.3) is 5.91 Å². The number of carbonyl (C=O) groups excluding carboxylic acids is 1. The van der Waals surface area contributed by atoms with Gasteiger partial charge in [-0.3, -0.25) is 14.2 Å². The summed E-state index contributed by atoms with van der Waals surface area (Å²) in [6.45, 7) is 8.47. The van der Waals surface area contributed by atoms with Crippen LogP contribution in [-0.4, -0.2) is 25.5 Å². The number of anilines is 1. The molecule has 0 unspecified atom stereocenters. The molecule has 0 saturated heterocycles. The number of hydrogen-bond acceptors (Lipinski definition) is 4. The van der Waals surface area contributed by atoms with Gasteiger partial charge in [-0.15, -0.1) is 0 Å². The zero-order valence-electron chi connectivity index (χ0n) is 18.2. The summed E-state index contributed by atoms with van der Waals surface area (Å²) >= 11 is 12.3. The molecule has 7 nitrogen and oxygen atoms in total. The van der Waals surface area contributed by atoms with Gasteiger partial charge in [0.15, 0.2) is 5.76 Å². The van der Waals surface area contributed by atoms with Gasteiger partial charge in [-0.25, -0.2) is 0 Å². The molecule has 32 heavy (non-hydrogen) atoms. The molecule has 0 spiro atoms. The summed E-state index contributed by atoms with van der Waals surface area (Å²) in [5.74, 6) is 0.493. The van der Waals surface area contributed by atoms with Gasteiger partial charge in [-0.1, -0.05) is 35.3 Å². The van der Waals surface area contributed by atoms with Crippen LogP contribution in [0.1, 0.15) is 44.7 Å². The van der Waals surface area contributed by atoms with E-state index in [1.54, 1.807) is 16.8 Å². The number of aromatic nitrogens is 4. The van der Waals surface area contributed by atoms with Crippen LogP contribution < -0.4 is 5.32 Å². The molecule has 0 bridgehead atoms. The molecule has 0 aliphatic carbocycles. The van der Waals surface area contributed by atoms with Gasteiger partial charge in [0.05, 0.1) is 46.6 Å². The summed E-state index contributed by atoms with van der Waals surface area (Å²) < 4.78 is 9.36. The van der Waals surface area contributed by atoms with Crippen molar-refractivity contribution >= 4 is 34.8 Å². The number of halogens is 2. The number of rotatable bonds is 6. The largest absolute Gasteiger partial charge is 0.454 e. The standard InChI is InChI=1S/C23H23Cl2N5O2/c1-13-21(25)15(3)30(27-13)12-19-8-9-20(32-19)23(31)26-22-14(2)28-29(16(22)4)11-17-6-5-7-18(24)10-17/h5-10H,11-12H2,1-4H3,(H,26,31). The normalized spacial score (nSPS) is 11.2. The highest BCUT2D eigenvalue weighted by Crippen LogP contribution is 2.23. The number of furan rings is 1. The van der Waals surface area contributed by atoms with Crippen LogP contribution in [0.5, 0.6) is 0 Å². The number of carbonyl (C=O) groups is 1. The van der Waals surface area contributed by atoms with Crippen molar-refractivity contribution in [3.05, 3.63) is 86.3 Å². The Bertz CT molecular complexity index is 1300. The summed E-state index contributed by atoms with van der Waals surface area (Å²) in [6.07, 6.45) is 0. The van der Waals surface area contributed by atoms with E-state index in [1.165, 1.54) is 0 Å². The Labute approximate surface area is 195 Å². The minimum atomic E-state index is -0.337. The van der Waals surface area contributed by atoms with Gasteiger partial charge in [-0.05, 0) is 57.5 Å². The Balaban J connectivity index is 1.48. The van der Waals surface area contributed by atoms with Crippen LogP contribution >= 0.6 is 23.2 Å². The molecule has 0 fully saturated rings. The fraction of sp³-hybridized carbons (Fsp3) is 0.261. The van der Waals surface area contributed by atoms with E-state index in [0.29, 0.717) is 34.6 Å². The highest BCUT2D eigenvalue weighted by molar-refractivity contribution is 6.31. The number of nitrogens with zero attached hydrogens (tertiary/aromatic N) is 4. The summed E-state index contributed by atoms with van der Waals surface area (Å²) in [5, 5.41) is 13.2. The first kappa shape index (κ1) is 22.2. The molecule has 1 amide bonds. The molecule has 9 heteroatoms. The van der Waals surface area contributed by atoms with Crippen molar-refractivity contribution in [1.29, 1.82) is 0 Å². The number of amides is 1. The lowest BCUT2D eigenvalue weighted by Gasteiger charge is -2.07. The summed E-state index contributed by atoms with van der Waals surface area (Å²) in [5.41, 5.74) is 4.88. The third-order valence-corrected chi connectivity index (χ3v) is 6.11. The monoisotopic (exact) mass is 471 g/mol. The number of nitrogens with one attached hydrogen (secondary N) is 1. The highest BCUT2D eigenvalue weighted by atomic mass is 35.5. The number of hydrogen-bond donors (Lipinski definition) is 1. The van der Waals surface area contributed by atoms with Gasteiger partial charge < -0.3 is 9.73 Å². The minimum absolute atomic E-state index is 0.217. The third-order valence-electron chi connectivity index (χ3n) is 5.33. The molecule has 1 N–H and O–H groups in total. The van der Waals surface area contributed by atoms with Crippen LogP contribution in [0.2, 0.25) is 10.0 Å². The maximum absolute atomic E-state index is 12.8. The van der Waals surface area contributed by atoms with Crippen molar-refractivity contribution in [2.45, 2.75) is 40.8 Å². The van der Waals surface area contributed by atoms with E-state index >= 15 is 0 Å². The van der Waals surface area contributed by atoms with Gasteiger partial charge in [0.1, 0.15) is 5.76 Å². The Hall–Kier alpha value is -3.03. The molecule has 0 saturated carbocycles. The molecule has 0 radical (unpaired) electrons. The molecule has 3 aromatic heterocycles. The molecular weight excluding hydrogens is 449 g/mol. The van der Waals surface area contributed by atoms with E-state index in [0.717, 1.165) is 28.3 Å². The molecule has 4 aromatic rings. The van der Waals surface area contributed by atoms with E-state index in [2.05, 4.69) is 15.5 Å². The van der Waals surface area contributed by atoms with Crippen molar-refractivity contribution in [2.24, 2.45) is 0 Å². The molecule has 0 aliphatic rings. The predicted octanol–water partition coefficient (Wildman–Crippen LogP) is 5.56. The SMILES string of the molecule is Cc1nn(Cc2ccc(C(=O)Nc3c(C)nn(Cc4cccc(Cl)c4)c3C)o2)c(C)c1Cl. The van der Waals surface area contributed by atoms with Gasteiger partial charge in [-0.2, -0.15) is 10.2 Å². The van der Waals surface area contributed by atoms with E-state index < -0.39 is 0 Å². The Morgan fingerprint density at radius 2 is 1.69 bits per heavy atom. The summed E-state index contributed by atoms with van der Waals surface area (Å²) in [6, 6.07) is 11.0. The Morgan fingerprint density at radius 3 is 2.38 bits per heavy atom. The average Bonchev–Trinajstić information content (AvgIpc) is 3.39. The molecule has 0 atom stereocenters. The molecule has 3 heterocycles. The first-order valence-electron chi connectivity index (χ1n) is 10.1. The fourth-order valence-electron chi connectivity index (χ4n) is 3.58. The fourth-order valence-corrected chi connectivity index (χ4v) is 3.92. The van der Waals surface area contributed by atoms with Crippen LogP contribution in [-0.2, 0) is 13.1 Å². The zero-order chi connectivity index (χ0) is 23.0. The maximum atomic E-state index is 12.8. The highest BCUT2D eigenvalue weighted by Gasteiger charge is 2.19. The number of benzene rings is 1. The molecule has 0 aliphatic heterocycles. The Kier molecular flexibility index (Phi) is 6.13. The van der Waals surface area contributed by atoms with Crippen LogP contribution in [0, 0.1) is 27.7 Å². The van der Waals surface area contributed by atoms with Crippen molar-refractivity contribution in [3.63, 3.8) is 0 Å². The zero-order valence-corrected chi connectivity index (χ0v) is 19.8. The van der Waals surface area contributed by atoms with Gasteiger partial charge in [0, 0.05) is 5.02 Å². The molecular formula is C23H23Cl2N5O2. The van der Waals surface area contributed by atoms with E-state index in [-0.39, 0.29) is 11.7 Å². The topological polar surface area (TPSA) is 77.9 Å². The lowest BCUT2D eigenvalue weighted by Crippen LogP contribution is -2.12. The van der Waals surface area contributed by atoms with Crippen LogP contribution in [0.15, 0.2) is 40.8 Å². The van der Waals surface area contributed by atoms with Crippen molar-refractivity contribution in [3.8, 4) is 0 Å². The lowest BCUT2D eigenvalue weighted by atomic mass is 10.2. The second-order valence-electron chi connectivity index (χ2n) is 7.70. The molecule has 166 valence electrons. The van der Waals surface area contributed by atoms with Crippen molar-refractivity contribution < 1.29 is 9.21 Å². The van der Waals surface area contributed by atoms with Crippen LogP contribution in [0.25, 0.3) is 0 Å². The van der Waals surface area contributed by atoms with Crippen LogP contribution in [0.3, 0.4) is 0 Å². The maximum Gasteiger partial charge on any atom is 0.291 e. The third kappa shape index (κ3) is 4.45. The smallest absolute Gasteiger partial charge is 0.291 e. The van der Waals surface area contributed by atoms with Gasteiger partial charge >= 0.3 is 0 Å². The van der Waals surface area contributed by atoms with Crippen molar-refractivity contribution in [2.75, 3.05) is 5.32 Å². The van der Waals surface area contributed by atoms with E-state index in [9.17, 15) is 4.79 Å². The molecule has 1 aromatic carbocycles. The minimum Gasteiger partial charge on any atom is -0.454 e. The summed E-state index contributed by atoms with van der Waals surface area (Å²) in [4.78, 5) is 12.8. The Morgan fingerprint density at radius 1 is 0.969 bits per heavy atom. The lowest BCUT2D eigenvalue weighted by molar-refractivity contribution is 0.0994. The first-order valence-corrected chi connectivity index (χ1v) is 10.9.